The molecule has 1 unspecified atom stereocenters. The van der Waals surface area contributed by atoms with Gasteiger partial charge in [0.1, 0.15) is 17.5 Å². The number of furan rings is 1. The van der Waals surface area contributed by atoms with Crippen molar-refractivity contribution >= 4 is 34.6 Å². The molecule has 11 heteroatoms. The molecule has 2 aliphatic rings. The van der Waals surface area contributed by atoms with Crippen molar-refractivity contribution in [1.82, 2.24) is 19.5 Å². The lowest BCUT2D eigenvalue weighted by Gasteiger charge is -2.41. The number of hydrazone groups is 1. The summed E-state index contributed by atoms with van der Waals surface area (Å²) in [5, 5.41) is 19.0. The van der Waals surface area contributed by atoms with Crippen LogP contribution in [0.5, 0.6) is 6.01 Å². The van der Waals surface area contributed by atoms with Crippen molar-refractivity contribution in [3.63, 3.8) is 0 Å². The zero-order valence-electron chi connectivity index (χ0n) is 16.2. The first kappa shape index (κ1) is 18.9. The second kappa shape index (κ2) is 6.99. The third-order valence-electron chi connectivity index (χ3n) is 5.46. The average Bonchev–Trinajstić information content (AvgIpc) is 3.37. The number of imidazole rings is 1. The van der Waals surface area contributed by atoms with Crippen LogP contribution in [0.4, 0.5) is 5.82 Å². The first-order valence-electron chi connectivity index (χ1n) is 9.53. The van der Waals surface area contributed by atoms with Gasteiger partial charge in [-0.1, -0.05) is 11.6 Å². The number of hydrogen-bond donors (Lipinski definition) is 0. The number of aromatic nitrogens is 2. The van der Waals surface area contributed by atoms with Crippen molar-refractivity contribution in [1.29, 1.82) is 0 Å². The maximum Gasteiger partial charge on any atom is 0.416 e. The molecule has 5 rings (SSSR count). The molecule has 156 valence electrons. The standard InChI is InChI=1S/C19H19ClN6O4/c1-19(12-23-11-17(26(27)28)22-18(23)30-19)24-4-6-25(7-5-24)21-10-15-9-13-8-14(20)2-3-16(13)29-15/h2-3,8-11H,4-7,12H2,1H3/b21-10+. The number of fused-ring (bicyclic) bond motifs is 2. The number of nitro groups is 1. The second-order valence-electron chi connectivity index (χ2n) is 7.56. The van der Waals surface area contributed by atoms with Crippen LogP contribution in [0.2, 0.25) is 5.02 Å². The minimum Gasteiger partial charge on any atom is -0.455 e. The molecule has 10 nitrogen and oxygen atoms in total. The van der Waals surface area contributed by atoms with Crippen molar-refractivity contribution in [2.24, 2.45) is 5.10 Å². The normalized spacial score (nSPS) is 22.0. The van der Waals surface area contributed by atoms with Gasteiger partial charge in [-0.05, 0) is 36.1 Å². The molecule has 1 fully saturated rings. The Bertz CT molecular complexity index is 1120. The molecule has 0 radical (unpaired) electrons. The van der Waals surface area contributed by atoms with E-state index in [4.69, 9.17) is 20.8 Å². The van der Waals surface area contributed by atoms with Crippen molar-refractivity contribution in [3.05, 3.63) is 51.4 Å². The molecule has 4 heterocycles. The number of halogens is 1. The van der Waals surface area contributed by atoms with Gasteiger partial charge in [0.05, 0.1) is 12.8 Å². The molecule has 0 N–H and O–H groups in total. The van der Waals surface area contributed by atoms with Gasteiger partial charge in [-0.3, -0.25) is 14.5 Å². The van der Waals surface area contributed by atoms with Crippen molar-refractivity contribution < 1.29 is 14.1 Å². The second-order valence-corrected chi connectivity index (χ2v) is 8.00. The molecule has 0 bridgehead atoms. The number of rotatable bonds is 4. The fourth-order valence-electron chi connectivity index (χ4n) is 3.90. The third kappa shape index (κ3) is 3.37. The van der Waals surface area contributed by atoms with Gasteiger partial charge >= 0.3 is 11.8 Å². The summed E-state index contributed by atoms with van der Waals surface area (Å²) in [6.07, 6.45) is 3.13. The average molecular weight is 431 g/mol. The van der Waals surface area contributed by atoms with Crippen LogP contribution in [-0.2, 0) is 6.54 Å². The maximum atomic E-state index is 10.9. The summed E-state index contributed by atoms with van der Waals surface area (Å²) in [4.78, 5) is 16.5. The fraction of sp³-hybridized carbons (Fsp3) is 0.368. The van der Waals surface area contributed by atoms with E-state index in [1.807, 2.05) is 30.1 Å². The summed E-state index contributed by atoms with van der Waals surface area (Å²) in [5.41, 5.74) is 0.195. The van der Waals surface area contributed by atoms with Crippen LogP contribution in [0.3, 0.4) is 0 Å². The Labute approximate surface area is 176 Å². The van der Waals surface area contributed by atoms with Crippen LogP contribution in [0.25, 0.3) is 11.0 Å². The lowest BCUT2D eigenvalue weighted by atomic mass is 10.2. The number of nitrogens with zero attached hydrogens (tertiary/aromatic N) is 6. The van der Waals surface area contributed by atoms with Crippen molar-refractivity contribution in [2.75, 3.05) is 26.2 Å². The predicted octanol–water partition coefficient (Wildman–Crippen LogP) is 2.95. The summed E-state index contributed by atoms with van der Waals surface area (Å²) < 4.78 is 13.4. The van der Waals surface area contributed by atoms with E-state index in [1.54, 1.807) is 16.8 Å². The zero-order valence-corrected chi connectivity index (χ0v) is 16.9. The van der Waals surface area contributed by atoms with Crippen molar-refractivity contribution in [3.8, 4) is 6.01 Å². The van der Waals surface area contributed by atoms with Gasteiger partial charge in [-0.15, -0.1) is 0 Å². The van der Waals surface area contributed by atoms with E-state index in [1.165, 1.54) is 6.20 Å². The lowest BCUT2D eigenvalue weighted by Crippen LogP contribution is -2.57. The van der Waals surface area contributed by atoms with E-state index >= 15 is 0 Å². The van der Waals surface area contributed by atoms with Gasteiger partial charge in [0.15, 0.2) is 5.72 Å². The molecule has 2 aromatic heterocycles. The van der Waals surface area contributed by atoms with E-state index in [2.05, 4.69) is 15.0 Å². The van der Waals surface area contributed by atoms with Gasteiger partial charge < -0.3 is 19.3 Å². The summed E-state index contributed by atoms with van der Waals surface area (Å²) in [6.45, 7) is 5.42. The number of ether oxygens (including phenoxy) is 1. The highest BCUT2D eigenvalue weighted by molar-refractivity contribution is 6.31. The number of benzene rings is 1. The highest BCUT2D eigenvalue weighted by atomic mass is 35.5. The summed E-state index contributed by atoms with van der Waals surface area (Å²) in [7, 11) is 0. The molecular formula is C19H19ClN6O4. The first-order chi connectivity index (χ1) is 14.4. The Morgan fingerprint density at radius 2 is 2.10 bits per heavy atom. The lowest BCUT2D eigenvalue weighted by molar-refractivity contribution is -0.389. The Hall–Kier alpha value is -3.11. The molecule has 0 spiro atoms. The number of hydrogen-bond acceptors (Lipinski definition) is 8. The van der Waals surface area contributed by atoms with Gasteiger partial charge in [-0.25, -0.2) is 0 Å². The Morgan fingerprint density at radius 3 is 2.83 bits per heavy atom. The zero-order chi connectivity index (χ0) is 20.9. The molecular weight excluding hydrogens is 412 g/mol. The number of piperazine rings is 1. The quantitative estimate of drug-likeness (QED) is 0.356. The Balaban J connectivity index is 1.20. The van der Waals surface area contributed by atoms with E-state index in [0.717, 1.165) is 37.1 Å². The maximum absolute atomic E-state index is 10.9. The molecule has 0 amide bonds. The highest BCUT2D eigenvalue weighted by Crippen LogP contribution is 2.33. The minimum atomic E-state index is -0.578. The topological polar surface area (TPSA) is 102 Å². The summed E-state index contributed by atoms with van der Waals surface area (Å²) >= 11 is 6.02. The smallest absolute Gasteiger partial charge is 0.416 e. The van der Waals surface area contributed by atoms with E-state index in [-0.39, 0.29) is 11.8 Å². The Kier molecular flexibility index (Phi) is 4.40. The summed E-state index contributed by atoms with van der Waals surface area (Å²) in [6, 6.07) is 7.70. The molecule has 30 heavy (non-hydrogen) atoms. The molecule has 1 atom stereocenters. The first-order valence-corrected chi connectivity index (χ1v) is 9.91. The largest absolute Gasteiger partial charge is 0.455 e. The van der Waals surface area contributed by atoms with Crippen LogP contribution in [0.1, 0.15) is 12.7 Å². The summed E-state index contributed by atoms with van der Waals surface area (Å²) in [5.74, 6) is 0.479. The Morgan fingerprint density at radius 1 is 1.30 bits per heavy atom. The van der Waals surface area contributed by atoms with Crippen LogP contribution >= 0.6 is 11.6 Å². The van der Waals surface area contributed by atoms with Gasteiger partial charge in [-0.2, -0.15) is 5.10 Å². The SMILES string of the molecule is CC1(N2CCN(/N=C/c3cc4cc(Cl)ccc4o3)CC2)Cn2cc([N+](=O)[O-])nc2O1. The van der Waals surface area contributed by atoms with Crippen LogP contribution in [0, 0.1) is 10.1 Å². The van der Waals surface area contributed by atoms with E-state index in [9.17, 15) is 10.1 Å². The van der Waals surface area contributed by atoms with Gasteiger partial charge in [0.2, 0.25) is 0 Å². The monoisotopic (exact) mass is 430 g/mol. The van der Waals surface area contributed by atoms with E-state index in [0.29, 0.717) is 17.3 Å². The fourth-order valence-corrected chi connectivity index (χ4v) is 4.08. The molecule has 2 aliphatic heterocycles. The molecule has 0 aliphatic carbocycles. The molecule has 1 saturated heterocycles. The van der Waals surface area contributed by atoms with Gasteiger partial charge in [0.25, 0.3) is 0 Å². The van der Waals surface area contributed by atoms with Crippen LogP contribution in [0.15, 0.2) is 40.0 Å². The van der Waals surface area contributed by atoms with Gasteiger partial charge in [0, 0.05) is 41.6 Å². The van der Waals surface area contributed by atoms with Crippen LogP contribution < -0.4 is 4.74 Å². The van der Waals surface area contributed by atoms with Crippen molar-refractivity contribution in [2.45, 2.75) is 19.2 Å². The predicted molar refractivity (Wildman–Crippen MR) is 110 cm³/mol. The van der Waals surface area contributed by atoms with Crippen LogP contribution in [-0.4, -0.2) is 62.5 Å². The van der Waals surface area contributed by atoms with E-state index < -0.39 is 10.6 Å². The minimum absolute atomic E-state index is 0.195. The highest BCUT2D eigenvalue weighted by Gasteiger charge is 2.45. The third-order valence-corrected chi connectivity index (χ3v) is 5.69. The molecule has 1 aromatic carbocycles. The molecule has 3 aromatic rings. The molecule has 0 saturated carbocycles.